The molecule has 1 aromatic heterocycles. The molecule has 2 heterocycles. The number of carboxylic acid groups (broad SMARTS) is 1. The van der Waals surface area contributed by atoms with Crippen LogP contribution in [0.4, 0.5) is 0 Å². The van der Waals surface area contributed by atoms with Crippen LogP contribution < -0.4 is 10.5 Å². The van der Waals surface area contributed by atoms with E-state index in [4.69, 9.17) is 25.1 Å². The van der Waals surface area contributed by atoms with Crippen molar-refractivity contribution < 1.29 is 38.8 Å². The van der Waals surface area contributed by atoms with E-state index >= 15 is 0 Å². The summed E-state index contributed by atoms with van der Waals surface area (Å²) in [6, 6.07) is 1.43. The summed E-state index contributed by atoms with van der Waals surface area (Å²) in [6.45, 7) is 5.43. The minimum atomic E-state index is -0.786. The Morgan fingerprint density at radius 2 is 1.97 bits per heavy atom. The highest BCUT2D eigenvalue weighted by Crippen LogP contribution is 2.28. The zero-order valence-corrected chi connectivity index (χ0v) is 18.9. The molecule has 1 aliphatic heterocycles. The number of hydrogen-bond donors (Lipinski definition) is 3. The molecule has 10 heteroatoms. The summed E-state index contributed by atoms with van der Waals surface area (Å²) >= 11 is 0. The third kappa shape index (κ3) is 10.4. The number of esters is 1. The lowest BCUT2D eigenvalue weighted by atomic mass is 9.96. The van der Waals surface area contributed by atoms with Crippen molar-refractivity contribution in [1.29, 1.82) is 0 Å². The molecule has 1 amide bonds. The van der Waals surface area contributed by atoms with Crippen molar-refractivity contribution in [2.75, 3.05) is 20.3 Å². The predicted octanol–water partition coefficient (Wildman–Crippen LogP) is 2.52. The van der Waals surface area contributed by atoms with E-state index in [0.717, 1.165) is 38.7 Å². The Bertz CT molecular complexity index is 751. The fraction of sp³-hybridized carbons (Fsp3) is 0.636. The van der Waals surface area contributed by atoms with Gasteiger partial charge in [-0.2, -0.15) is 0 Å². The minimum Gasteiger partial charge on any atom is -0.503 e. The molecule has 1 aliphatic carbocycles. The molecule has 1 saturated heterocycles. The first-order chi connectivity index (χ1) is 15.2. The van der Waals surface area contributed by atoms with E-state index in [1.165, 1.54) is 19.4 Å². The van der Waals surface area contributed by atoms with Crippen LogP contribution in [0.25, 0.3) is 0 Å². The summed E-state index contributed by atoms with van der Waals surface area (Å²) in [5.74, 6) is -1.05. The number of methoxy groups -OCH3 is 1. The highest BCUT2D eigenvalue weighted by molar-refractivity contribution is 5.94. The van der Waals surface area contributed by atoms with Crippen LogP contribution in [-0.4, -0.2) is 59.5 Å². The summed E-state index contributed by atoms with van der Waals surface area (Å²) in [7, 11) is 1.37. The number of pyridine rings is 1. The molecule has 0 spiro atoms. The van der Waals surface area contributed by atoms with Crippen LogP contribution in [0.3, 0.4) is 0 Å². The summed E-state index contributed by atoms with van der Waals surface area (Å²) in [5, 5.41) is 17.3. The fourth-order valence-corrected chi connectivity index (χ4v) is 2.91. The molecule has 0 aromatic carbocycles. The molecule has 10 nitrogen and oxygen atoms in total. The molecule has 2 aliphatic rings. The lowest BCUT2D eigenvalue weighted by molar-refractivity contribution is -0.151. The second kappa shape index (κ2) is 14.2. The third-order valence-corrected chi connectivity index (χ3v) is 4.96. The zero-order chi connectivity index (χ0) is 24.1. The van der Waals surface area contributed by atoms with Gasteiger partial charge in [-0.25, -0.2) is 4.98 Å². The van der Waals surface area contributed by atoms with Gasteiger partial charge in [0.25, 0.3) is 5.91 Å². The molecule has 32 heavy (non-hydrogen) atoms. The molecule has 2 unspecified atom stereocenters. The first-order valence-corrected chi connectivity index (χ1v) is 10.7. The van der Waals surface area contributed by atoms with Crippen molar-refractivity contribution in [2.45, 2.75) is 58.5 Å². The number of carbonyl (C=O) groups excluding carboxylic acids is 2. The number of carboxylic acids is 1. The van der Waals surface area contributed by atoms with E-state index in [2.05, 4.69) is 11.9 Å². The van der Waals surface area contributed by atoms with Gasteiger partial charge < -0.3 is 30.2 Å². The highest BCUT2D eigenvalue weighted by atomic mass is 16.5. The Kier molecular flexibility index (Phi) is 12.1. The Morgan fingerprint density at radius 3 is 2.47 bits per heavy atom. The van der Waals surface area contributed by atoms with Crippen LogP contribution >= 0.6 is 0 Å². The van der Waals surface area contributed by atoms with Gasteiger partial charge in [-0.1, -0.05) is 13.3 Å². The van der Waals surface area contributed by atoms with Gasteiger partial charge >= 0.3 is 11.9 Å². The van der Waals surface area contributed by atoms with Crippen LogP contribution in [0.1, 0.15) is 62.9 Å². The zero-order valence-electron chi connectivity index (χ0n) is 18.9. The molecule has 4 N–H and O–H groups in total. The van der Waals surface area contributed by atoms with Crippen molar-refractivity contribution in [1.82, 2.24) is 4.98 Å². The molecular formula is C22H34N2O8. The van der Waals surface area contributed by atoms with Crippen molar-refractivity contribution in [3.8, 4) is 11.5 Å². The summed E-state index contributed by atoms with van der Waals surface area (Å²) in [6.07, 6.45) is 6.75. The van der Waals surface area contributed by atoms with E-state index in [1.54, 1.807) is 0 Å². The minimum absolute atomic E-state index is 0.0185. The molecular weight excluding hydrogens is 420 g/mol. The number of hydrogen-bond acceptors (Lipinski definition) is 8. The van der Waals surface area contributed by atoms with E-state index < -0.39 is 11.9 Å². The van der Waals surface area contributed by atoms with E-state index in [1.807, 2.05) is 6.92 Å². The highest BCUT2D eigenvalue weighted by Gasteiger charge is 2.28. The summed E-state index contributed by atoms with van der Waals surface area (Å²) in [5.41, 5.74) is 4.74. The quantitative estimate of drug-likeness (QED) is 0.581. The molecule has 0 radical (unpaired) electrons. The van der Waals surface area contributed by atoms with Gasteiger partial charge in [0.15, 0.2) is 17.2 Å². The molecule has 1 aromatic rings. The Morgan fingerprint density at radius 1 is 1.28 bits per heavy atom. The number of aromatic hydroxyl groups is 1. The topological polar surface area (TPSA) is 158 Å². The molecule has 1 saturated carbocycles. The van der Waals surface area contributed by atoms with Crippen LogP contribution in [0.5, 0.6) is 11.5 Å². The van der Waals surface area contributed by atoms with Crippen molar-refractivity contribution >= 4 is 17.8 Å². The third-order valence-electron chi connectivity index (χ3n) is 4.96. The lowest BCUT2D eigenvalue weighted by Gasteiger charge is -2.21. The normalized spacial score (nSPS) is 20.9. The Hall–Kier alpha value is -2.88. The lowest BCUT2D eigenvalue weighted by Crippen LogP contribution is -2.22. The fourth-order valence-electron chi connectivity index (χ4n) is 2.91. The number of ether oxygens (including phenoxy) is 3. The molecule has 2 atom stereocenters. The molecule has 3 rings (SSSR count). The summed E-state index contributed by atoms with van der Waals surface area (Å²) < 4.78 is 15.3. The van der Waals surface area contributed by atoms with Gasteiger partial charge in [-0.05, 0) is 38.5 Å². The molecule has 2 fully saturated rings. The monoisotopic (exact) mass is 454 g/mol. The van der Waals surface area contributed by atoms with Crippen LogP contribution in [0.2, 0.25) is 0 Å². The smallest absolute Gasteiger partial charge is 0.308 e. The van der Waals surface area contributed by atoms with Gasteiger partial charge in [0.05, 0.1) is 32.2 Å². The van der Waals surface area contributed by atoms with Gasteiger partial charge in [0.1, 0.15) is 0 Å². The first-order valence-electron chi connectivity index (χ1n) is 10.7. The second-order valence-electron chi connectivity index (χ2n) is 7.65. The van der Waals surface area contributed by atoms with Crippen LogP contribution in [0, 0.1) is 11.8 Å². The Labute approximate surface area is 188 Å². The van der Waals surface area contributed by atoms with Gasteiger partial charge in [-0.15, -0.1) is 0 Å². The number of nitrogens with two attached hydrogens (primary N) is 1. The number of nitrogens with zero attached hydrogens (tertiary/aromatic N) is 1. The van der Waals surface area contributed by atoms with E-state index in [-0.39, 0.29) is 35.2 Å². The van der Waals surface area contributed by atoms with Crippen LogP contribution in [-0.2, 0) is 19.1 Å². The second-order valence-corrected chi connectivity index (χ2v) is 7.65. The average molecular weight is 455 g/mol. The largest absolute Gasteiger partial charge is 0.503 e. The van der Waals surface area contributed by atoms with Gasteiger partial charge in [0.2, 0.25) is 0 Å². The standard InChI is InChI=1S/C11H20O3.C7H8N2O3.C4H6O2/c1-3-10-4-6-13-7-5-11(12)14-9(2)8-10;1-12-4-2-3-9-5(6(4)10)7(8)11;5-4(6)3-1-2-3/h9-10H,3-8H2,1-2H3;2-3,10H,1H3,(H2,8,11);3H,1-2H2,(H,5,6). The van der Waals surface area contributed by atoms with E-state index in [0.29, 0.717) is 18.9 Å². The number of aromatic nitrogens is 1. The van der Waals surface area contributed by atoms with Crippen molar-refractivity contribution in [2.24, 2.45) is 17.6 Å². The van der Waals surface area contributed by atoms with Crippen molar-refractivity contribution in [3.05, 3.63) is 18.0 Å². The first kappa shape index (κ1) is 27.2. The van der Waals surface area contributed by atoms with Gasteiger partial charge in [0, 0.05) is 18.9 Å². The molecule has 0 bridgehead atoms. The average Bonchev–Trinajstić information content (AvgIpc) is 3.59. The number of cyclic esters (lactones) is 1. The van der Waals surface area contributed by atoms with Gasteiger partial charge in [-0.3, -0.25) is 14.4 Å². The Balaban J connectivity index is 0.000000257. The SMILES string of the molecule is CCC1CCOCCC(=O)OC(C)C1.COc1ccnc(C(N)=O)c1O.O=C(O)C1CC1. The molecule has 180 valence electrons. The van der Waals surface area contributed by atoms with Crippen LogP contribution in [0.15, 0.2) is 12.3 Å². The predicted molar refractivity (Wildman–Crippen MR) is 115 cm³/mol. The van der Waals surface area contributed by atoms with E-state index in [9.17, 15) is 19.5 Å². The maximum absolute atomic E-state index is 11.2. The number of aliphatic carboxylic acids is 1. The number of rotatable bonds is 4. The number of primary amides is 1. The maximum Gasteiger partial charge on any atom is 0.308 e. The number of carbonyl (C=O) groups is 3. The number of amides is 1. The maximum atomic E-state index is 11.2. The van der Waals surface area contributed by atoms with Crippen molar-refractivity contribution in [3.63, 3.8) is 0 Å². The summed E-state index contributed by atoms with van der Waals surface area (Å²) in [4.78, 5) is 35.2.